The molecule has 0 aliphatic rings. The lowest BCUT2D eigenvalue weighted by Crippen LogP contribution is -2.13. The second kappa shape index (κ2) is 5.43. The van der Waals surface area contributed by atoms with Crippen LogP contribution in [-0.4, -0.2) is 4.98 Å². The molecular formula is C12H13ClN2S. The molecule has 2 heterocycles. The van der Waals surface area contributed by atoms with Crippen LogP contribution in [0.2, 0.25) is 5.02 Å². The molecule has 0 saturated carbocycles. The Kier molecular flexibility index (Phi) is 3.93. The second-order valence-electron chi connectivity index (χ2n) is 3.60. The van der Waals surface area contributed by atoms with Gasteiger partial charge in [0.2, 0.25) is 0 Å². The van der Waals surface area contributed by atoms with Gasteiger partial charge in [0.1, 0.15) is 0 Å². The Morgan fingerprint density at radius 3 is 3.00 bits per heavy atom. The van der Waals surface area contributed by atoms with Crippen LogP contribution in [0.25, 0.3) is 0 Å². The molecule has 0 atom stereocenters. The Hall–Kier alpha value is -0.900. The first-order valence-electron chi connectivity index (χ1n) is 5.10. The van der Waals surface area contributed by atoms with Crippen molar-refractivity contribution in [2.75, 3.05) is 0 Å². The van der Waals surface area contributed by atoms with Gasteiger partial charge in [-0.1, -0.05) is 17.7 Å². The molecule has 84 valence electrons. The van der Waals surface area contributed by atoms with Crippen molar-refractivity contribution >= 4 is 22.9 Å². The fourth-order valence-corrected chi connectivity index (χ4v) is 2.50. The van der Waals surface area contributed by atoms with Crippen LogP contribution in [0.1, 0.15) is 16.1 Å². The SMILES string of the molecule is Cc1cccnc1CNCc1cc(Cl)cs1. The third-order valence-corrected chi connectivity index (χ3v) is 3.62. The molecule has 2 aromatic rings. The number of hydrogen-bond acceptors (Lipinski definition) is 3. The maximum atomic E-state index is 5.85. The smallest absolute Gasteiger partial charge is 0.0570 e. The molecule has 0 fully saturated rings. The van der Waals surface area contributed by atoms with E-state index < -0.39 is 0 Å². The Morgan fingerprint density at radius 1 is 1.44 bits per heavy atom. The number of thiophene rings is 1. The summed E-state index contributed by atoms with van der Waals surface area (Å²) in [7, 11) is 0. The van der Waals surface area contributed by atoms with Gasteiger partial charge < -0.3 is 5.32 Å². The topological polar surface area (TPSA) is 24.9 Å². The fourth-order valence-electron chi connectivity index (χ4n) is 1.45. The van der Waals surface area contributed by atoms with Crippen molar-refractivity contribution in [3.63, 3.8) is 0 Å². The lowest BCUT2D eigenvalue weighted by atomic mass is 10.2. The van der Waals surface area contributed by atoms with Crippen LogP contribution in [0.15, 0.2) is 29.8 Å². The van der Waals surface area contributed by atoms with E-state index in [4.69, 9.17) is 11.6 Å². The molecular weight excluding hydrogens is 240 g/mol. The van der Waals surface area contributed by atoms with Gasteiger partial charge in [0.15, 0.2) is 0 Å². The van der Waals surface area contributed by atoms with E-state index >= 15 is 0 Å². The zero-order valence-corrected chi connectivity index (χ0v) is 10.6. The quantitative estimate of drug-likeness (QED) is 0.902. The summed E-state index contributed by atoms with van der Waals surface area (Å²) >= 11 is 7.53. The van der Waals surface area contributed by atoms with E-state index in [1.54, 1.807) is 11.3 Å². The number of nitrogens with zero attached hydrogens (tertiary/aromatic N) is 1. The van der Waals surface area contributed by atoms with E-state index in [-0.39, 0.29) is 0 Å². The standard InChI is InChI=1S/C12H13ClN2S/c1-9-3-2-4-15-12(9)7-14-6-11-5-10(13)8-16-11/h2-5,8,14H,6-7H2,1H3. The van der Waals surface area contributed by atoms with E-state index in [0.29, 0.717) is 0 Å². The fraction of sp³-hybridized carbons (Fsp3) is 0.250. The third kappa shape index (κ3) is 3.04. The van der Waals surface area contributed by atoms with Gasteiger partial charge in [0.05, 0.1) is 10.7 Å². The number of aryl methyl sites for hydroxylation is 1. The van der Waals surface area contributed by atoms with E-state index in [9.17, 15) is 0 Å². The molecule has 2 aromatic heterocycles. The van der Waals surface area contributed by atoms with Crippen molar-refractivity contribution in [1.29, 1.82) is 0 Å². The largest absolute Gasteiger partial charge is 0.306 e. The van der Waals surface area contributed by atoms with Crippen LogP contribution >= 0.6 is 22.9 Å². The summed E-state index contributed by atoms with van der Waals surface area (Å²) in [5, 5.41) is 6.13. The summed E-state index contributed by atoms with van der Waals surface area (Å²) in [6.07, 6.45) is 1.83. The summed E-state index contributed by atoms with van der Waals surface area (Å²) < 4.78 is 0. The number of rotatable bonds is 4. The maximum Gasteiger partial charge on any atom is 0.0570 e. The number of hydrogen-bond donors (Lipinski definition) is 1. The van der Waals surface area contributed by atoms with Gasteiger partial charge in [-0.05, 0) is 24.6 Å². The van der Waals surface area contributed by atoms with Crippen LogP contribution in [-0.2, 0) is 13.1 Å². The van der Waals surface area contributed by atoms with Crippen LogP contribution in [0, 0.1) is 6.92 Å². The predicted molar refractivity (Wildman–Crippen MR) is 68.8 cm³/mol. The zero-order chi connectivity index (χ0) is 11.4. The summed E-state index contributed by atoms with van der Waals surface area (Å²) in [6, 6.07) is 6.02. The van der Waals surface area contributed by atoms with Gasteiger partial charge in [-0.2, -0.15) is 0 Å². The molecule has 0 saturated heterocycles. The van der Waals surface area contributed by atoms with Crippen molar-refractivity contribution in [2.45, 2.75) is 20.0 Å². The van der Waals surface area contributed by atoms with E-state index in [2.05, 4.69) is 23.3 Å². The molecule has 0 aliphatic heterocycles. The molecule has 0 aromatic carbocycles. The molecule has 2 nitrogen and oxygen atoms in total. The van der Waals surface area contributed by atoms with Crippen molar-refractivity contribution in [2.24, 2.45) is 0 Å². The van der Waals surface area contributed by atoms with E-state index in [1.807, 2.05) is 23.7 Å². The molecule has 0 unspecified atom stereocenters. The van der Waals surface area contributed by atoms with Gasteiger partial charge in [-0.15, -0.1) is 11.3 Å². The van der Waals surface area contributed by atoms with Crippen molar-refractivity contribution in [3.8, 4) is 0 Å². The molecule has 2 rings (SSSR count). The Bertz CT molecular complexity index is 468. The maximum absolute atomic E-state index is 5.85. The van der Waals surface area contributed by atoms with Crippen LogP contribution in [0.4, 0.5) is 0 Å². The average molecular weight is 253 g/mol. The molecule has 1 N–H and O–H groups in total. The molecule has 0 radical (unpaired) electrons. The molecule has 0 bridgehead atoms. The summed E-state index contributed by atoms with van der Waals surface area (Å²) in [6.45, 7) is 3.71. The van der Waals surface area contributed by atoms with Crippen molar-refractivity contribution in [3.05, 3.63) is 50.9 Å². The first kappa shape index (κ1) is 11.6. The Labute approximate surface area is 104 Å². The van der Waals surface area contributed by atoms with Gasteiger partial charge in [-0.3, -0.25) is 4.98 Å². The normalized spacial score (nSPS) is 10.6. The third-order valence-electron chi connectivity index (χ3n) is 2.33. The number of aromatic nitrogens is 1. The summed E-state index contributed by atoms with van der Waals surface area (Å²) in [5.74, 6) is 0. The highest BCUT2D eigenvalue weighted by Gasteiger charge is 2.00. The zero-order valence-electron chi connectivity index (χ0n) is 9.03. The highest BCUT2D eigenvalue weighted by atomic mass is 35.5. The molecule has 0 aliphatic carbocycles. The van der Waals surface area contributed by atoms with Gasteiger partial charge in [0, 0.05) is 29.5 Å². The summed E-state index contributed by atoms with van der Waals surface area (Å²) in [5.41, 5.74) is 2.32. The van der Waals surface area contributed by atoms with Crippen LogP contribution in [0.3, 0.4) is 0 Å². The highest BCUT2D eigenvalue weighted by molar-refractivity contribution is 7.10. The Morgan fingerprint density at radius 2 is 2.31 bits per heavy atom. The van der Waals surface area contributed by atoms with Crippen molar-refractivity contribution in [1.82, 2.24) is 10.3 Å². The molecule has 16 heavy (non-hydrogen) atoms. The average Bonchev–Trinajstić information content (AvgIpc) is 2.67. The number of nitrogens with one attached hydrogen (secondary N) is 1. The first-order chi connectivity index (χ1) is 7.75. The lowest BCUT2D eigenvalue weighted by molar-refractivity contribution is 0.683. The van der Waals surface area contributed by atoms with Gasteiger partial charge >= 0.3 is 0 Å². The minimum absolute atomic E-state index is 0.794. The predicted octanol–water partition coefficient (Wildman–Crippen LogP) is 3.39. The van der Waals surface area contributed by atoms with E-state index in [1.165, 1.54) is 10.4 Å². The second-order valence-corrected chi connectivity index (χ2v) is 5.03. The van der Waals surface area contributed by atoms with Crippen LogP contribution in [0.5, 0.6) is 0 Å². The van der Waals surface area contributed by atoms with Gasteiger partial charge in [-0.25, -0.2) is 0 Å². The minimum atomic E-state index is 0.794. The minimum Gasteiger partial charge on any atom is -0.306 e. The highest BCUT2D eigenvalue weighted by Crippen LogP contribution is 2.18. The molecule has 0 amide bonds. The Balaban J connectivity index is 1.87. The van der Waals surface area contributed by atoms with Crippen molar-refractivity contribution < 1.29 is 0 Å². The number of halogens is 1. The van der Waals surface area contributed by atoms with Crippen LogP contribution < -0.4 is 5.32 Å². The van der Waals surface area contributed by atoms with Gasteiger partial charge in [0.25, 0.3) is 0 Å². The number of pyridine rings is 1. The molecule has 0 spiro atoms. The molecule has 4 heteroatoms. The van der Waals surface area contributed by atoms with E-state index in [0.717, 1.165) is 23.8 Å². The first-order valence-corrected chi connectivity index (χ1v) is 6.35. The summed E-state index contributed by atoms with van der Waals surface area (Å²) in [4.78, 5) is 5.58. The monoisotopic (exact) mass is 252 g/mol. The lowest BCUT2D eigenvalue weighted by Gasteiger charge is -2.05.